The highest BCUT2D eigenvalue weighted by Gasteiger charge is 2.61. The summed E-state index contributed by atoms with van der Waals surface area (Å²) in [5.74, 6) is 0.653. The molecule has 4 aromatic heterocycles. The van der Waals surface area contributed by atoms with E-state index in [1.54, 1.807) is 42.2 Å². The molecule has 9 nitrogen and oxygen atoms in total. The first kappa shape index (κ1) is 21.9. The Morgan fingerprint density at radius 3 is 2.62 bits per heavy atom. The van der Waals surface area contributed by atoms with Crippen LogP contribution in [0.15, 0.2) is 47.7 Å². The van der Waals surface area contributed by atoms with Crippen molar-refractivity contribution in [3.63, 3.8) is 0 Å². The van der Waals surface area contributed by atoms with E-state index in [1.807, 2.05) is 13.2 Å². The number of hydrogen-bond acceptors (Lipinski definition) is 6. The molecular weight excluding hydrogens is 451 g/mol. The summed E-state index contributed by atoms with van der Waals surface area (Å²) in [6.45, 7) is 1.67. The van der Waals surface area contributed by atoms with Crippen LogP contribution in [0, 0.1) is 6.92 Å². The Labute approximate surface area is 191 Å². The van der Waals surface area contributed by atoms with Crippen molar-refractivity contribution in [1.29, 1.82) is 0 Å². The number of aromatic nitrogens is 7. The third kappa shape index (κ3) is 3.64. The Morgan fingerprint density at radius 1 is 1.21 bits per heavy atom. The minimum Gasteiger partial charge on any atom is -0.455 e. The molecule has 1 aliphatic carbocycles. The monoisotopic (exact) mass is 471 g/mol. The zero-order chi connectivity index (χ0) is 24.1. The van der Waals surface area contributed by atoms with Gasteiger partial charge in [0.25, 0.3) is 0 Å². The predicted molar refractivity (Wildman–Crippen MR) is 115 cm³/mol. The van der Waals surface area contributed by atoms with Gasteiger partial charge in [-0.25, -0.2) is 9.78 Å². The molecule has 0 saturated heterocycles. The largest absolute Gasteiger partial charge is 0.455 e. The van der Waals surface area contributed by atoms with Gasteiger partial charge in [-0.1, -0.05) is 6.42 Å². The van der Waals surface area contributed by atoms with E-state index in [4.69, 9.17) is 4.74 Å². The summed E-state index contributed by atoms with van der Waals surface area (Å²) in [5.41, 5.74) is -0.944. The van der Waals surface area contributed by atoms with Crippen LogP contribution in [-0.4, -0.2) is 40.7 Å². The highest BCUT2D eigenvalue weighted by Crippen LogP contribution is 2.53. The maximum absolute atomic E-state index is 13.6. The molecule has 1 saturated carbocycles. The number of halogens is 3. The number of ether oxygens (including phenoxy) is 1. The lowest BCUT2D eigenvalue weighted by atomic mass is 9.67. The molecule has 0 amide bonds. The van der Waals surface area contributed by atoms with Crippen LogP contribution in [0.3, 0.4) is 0 Å². The Bertz CT molecular complexity index is 1420. The number of rotatable bonds is 5. The summed E-state index contributed by atoms with van der Waals surface area (Å²) in [7, 11) is 1.81. The van der Waals surface area contributed by atoms with Gasteiger partial charge in [-0.2, -0.15) is 23.0 Å². The fraction of sp³-hybridized carbons (Fsp3) is 0.318. The molecule has 34 heavy (non-hydrogen) atoms. The van der Waals surface area contributed by atoms with E-state index in [9.17, 15) is 18.0 Å². The van der Waals surface area contributed by atoms with Gasteiger partial charge in [-0.3, -0.25) is 14.6 Å². The molecule has 0 aliphatic heterocycles. The average Bonchev–Trinajstić information content (AvgIpc) is 3.34. The number of alkyl halides is 3. The van der Waals surface area contributed by atoms with Crippen LogP contribution in [0.5, 0.6) is 11.5 Å². The molecule has 0 bridgehead atoms. The second kappa shape index (κ2) is 7.82. The minimum absolute atomic E-state index is 0.0970. The normalized spacial score (nSPS) is 15.2. The van der Waals surface area contributed by atoms with Crippen LogP contribution >= 0.6 is 0 Å². The molecule has 4 heterocycles. The molecule has 5 rings (SSSR count). The summed E-state index contributed by atoms with van der Waals surface area (Å²) < 4.78 is 49.4. The van der Waals surface area contributed by atoms with Crippen molar-refractivity contribution >= 4 is 0 Å². The van der Waals surface area contributed by atoms with Gasteiger partial charge in [-0.05, 0) is 38.0 Å². The van der Waals surface area contributed by atoms with E-state index in [0.29, 0.717) is 29.3 Å². The lowest BCUT2D eigenvalue weighted by molar-refractivity contribution is -0.215. The van der Waals surface area contributed by atoms with E-state index >= 15 is 0 Å². The van der Waals surface area contributed by atoms with Gasteiger partial charge in [0, 0.05) is 31.1 Å². The van der Waals surface area contributed by atoms with E-state index in [0.717, 1.165) is 10.2 Å². The highest BCUT2D eigenvalue weighted by molar-refractivity contribution is 5.59. The van der Waals surface area contributed by atoms with Crippen molar-refractivity contribution in [3.05, 3.63) is 64.9 Å². The molecular formula is C22H20F3N7O2. The molecule has 1 fully saturated rings. The maximum Gasteiger partial charge on any atom is 0.401 e. The summed E-state index contributed by atoms with van der Waals surface area (Å²) in [5, 5.41) is 8.08. The van der Waals surface area contributed by atoms with Crippen molar-refractivity contribution < 1.29 is 17.9 Å². The summed E-state index contributed by atoms with van der Waals surface area (Å²) >= 11 is 0. The minimum atomic E-state index is -4.49. The first-order valence-corrected chi connectivity index (χ1v) is 10.5. The quantitative estimate of drug-likeness (QED) is 0.475. The van der Waals surface area contributed by atoms with Crippen LogP contribution in [0.25, 0.3) is 17.1 Å². The standard InChI is InChI=1S/C22H20F3N7O2/c1-13-17(34-15-6-9-26-16(10-15)14-11-27-31(2)12-14)4-5-18(28-13)32-20(33)29-19(30-32)21(7-3-8-21)22(23,24)25/h4-6,9-12H,3,7-8H2,1-2H3,(H,29,30,33). The third-order valence-electron chi connectivity index (χ3n) is 6.02. The SMILES string of the molecule is Cc1nc(-n2nc(C3(C(F)(F)F)CCC3)[nH]c2=O)ccc1Oc1ccnc(-c2cnn(C)c2)c1. The molecule has 12 heteroatoms. The van der Waals surface area contributed by atoms with Crippen molar-refractivity contribution in [2.45, 2.75) is 37.8 Å². The molecule has 0 radical (unpaired) electrons. The van der Waals surface area contributed by atoms with E-state index in [2.05, 4.69) is 25.1 Å². The zero-order valence-corrected chi connectivity index (χ0v) is 18.3. The van der Waals surface area contributed by atoms with Crippen LogP contribution in [0.2, 0.25) is 0 Å². The summed E-state index contributed by atoms with van der Waals surface area (Å²) in [6, 6.07) is 6.50. The van der Waals surface area contributed by atoms with Gasteiger partial charge in [0.1, 0.15) is 22.7 Å². The molecule has 1 N–H and O–H groups in total. The Balaban J connectivity index is 1.41. The van der Waals surface area contributed by atoms with Gasteiger partial charge >= 0.3 is 11.9 Å². The molecule has 0 spiro atoms. The van der Waals surface area contributed by atoms with Gasteiger partial charge in [0.05, 0.1) is 17.6 Å². The van der Waals surface area contributed by atoms with Gasteiger partial charge in [0.2, 0.25) is 0 Å². The van der Waals surface area contributed by atoms with Crippen molar-refractivity contribution in [3.8, 4) is 28.6 Å². The number of aromatic amines is 1. The highest BCUT2D eigenvalue weighted by atomic mass is 19.4. The number of aryl methyl sites for hydroxylation is 2. The second-order valence-corrected chi connectivity index (χ2v) is 8.26. The van der Waals surface area contributed by atoms with E-state index < -0.39 is 17.3 Å². The lowest BCUT2D eigenvalue weighted by Gasteiger charge is -2.40. The number of nitrogens with one attached hydrogen (secondary N) is 1. The molecule has 0 unspecified atom stereocenters. The van der Waals surface area contributed by atoms with Crippen molar-refractivity contribution in [1.82, 2.24) is 34.5 Å². The van der Waals surface area contributed by atoms with Crippen molar-refractivity contribution in [2.75, 3.05) is 0 Å². The molecule has 4 aromatic rings. The number of pyridine rings is 2. The molecule has 176 valence electrons. The smallest absolute Gasteiger partial charge is 0.401 e. The first-order valence-electron chi connectivity index (χ1n) is 10.5. The van der Waals surface area contributed by atoms with Gasteiger partial charge in [0.15, 0.2) is 5.82 Å². The Morgan fingerprint density at radius 2 is 2.00 bits per heavy atom. The van der Waals surface area contributed by atoms with Gasteiger partial charge in [-0.15, -0.1) is 5.10 Å². The third-order valence-corrected chi connectivity index (χ3v) is 6.02. The van der Waals surface area contributed by atoms with Crippen molar-refractivity contribution in [2.24, 2.45) is 7.05 Å². The number of H-pyrrole nitrogens is 1. The Kier molecular flexibility index (Phi) is 5.03. The van der Waals surface area contributed by atoms with Crippen LogP contribution in [-0.2, 0) is 12.5 Å². The summed E-state index contributed by atoms with van der Waals surface area (Å²) in [6.07, 6.45) is 0.858. The maximum atomic E-state index is 13.6. The molecule has 1 aliphatic rings. The van der Waals surface area contributed by atoms with E-state index in [-0.39, 0.29) is 24.5 Å². The lowest BCUT2D eigenvalue weighted by Crippen LogP contribution is -2.49. The average molecular weight is 471 g/mol. The van der Waals surface area contributed by atoms with E-state index in [1.165, 1.54) is 6.07 Å². The zero-order valence-electron chi connectivity index (χ0n) is 18.3. The molecule has 0 atom stereocenters. The van der Waals surface area contributed by atoms with Crippen LogP contribution in [0.4, 0.5) is 13.2 Å². The summed E-state index contributed by atoms with van der Waals surface area (Å²) in [4.78, 5) is 23.3. The molecule has 0 aromatic carbocycles. The first-order chi connectivity index (χ1) is 16.2. The fourth-order valence-electron chi connectivity index (χ4n) is 3.95. The van der Waals surface area contributed by atoms with Gasteiger partial charge < -0.3 is 4.74 Å². The number of nitrogens with zero attached hydrogens (tertiary/aromatic N) is 6. The topological polar surface area (TPSA) is 104 Å². The van der Waals surface area contributed by atoms with Crippen LogP contribution in [0.1, 0.15) is 30.8 Å². The fourth-order valence-corrected chi connectivity index (χ4v) is 3.95. The Hall–Kier alpha value is -3.96. The number of hydrogen-bond donors (Lipinski definition) is 1. The second-order valence-electron chi connectivity index (χ2n) is 8.26. The van der Waals surface area contributed by atoms with Crippen LogP contribution < -0.4 is 10.4 Å². The predicted octanol–water partition coefficient (Wildman–Crippen LogP) is 3.84.